The molecule has 1 aromatic carbocycles. The van der Waals surface area contributed by atoms with Gasteiger partial charge in [-0.15, -0.1) is 0 Å². The van der Waals surface area contributed by atoms with Crippen LogP contribution in [-0.2, 0) is 10.2 Å². The van der Waals surface area contributed by atoms with Gasteiger partial charge >= 0.3 is 10.2 Å². The van der Waals surface area contributed by atoms with Gasteiger partial charge in [0.15, 0.2) is 0 Å². The van der Waals surface area contributed by atoms with Crippen LogP contribution >= 0.6 is 0 Å². The van der Waals surface area contributed by atoms with Crippen molar-refractivity contribution in [3.8, 4) is 0 Å². The number of halogens is 2. The van der Waals surface area contributed by atoms with Gasteiger partial charge in [-0.1, -0.05) is 13.8 Å². The number of carbonyl (C=O) groups excluding carboxylic acids is 1. The van der Waals surface area contributed by atoms with Gasteiger partial charge in [0.1, 0.15) is 11.6 Å². The minimum absolute atomic E-state index is 0.0975. The van der Waals surface area contributed by atoms with Crippen molar-refractivity contribution in [2.45, 2.75) is 32.7 Å². The number of fused-ring (bicyclic) bond motifs is 1. The minimum Gasteiger partial charge on any atom is -0.364 e. The molecule has 1 amide bonds. The van der Waals surface area contributed by atoms with E-state index in [2.05, 4.69) is 9.82 Å². The Morgan fingerprint density at radius 1 is 1.21 bits per heavy atom. The summed E-state index contributed by atoms with van der Waals surface area (Å²) in [5.74, 6) is -1.76. The first-order chi connectivity index (χ1) is 15.7. The molecule has 1 saturated heterocycles. The number of aromatic nitrogens is 2. The van der Waals surface area contributed by atoms with Crippen molar-refractivity contribution in [2.75, 3.05) is 24.5 Å². The van der Waals surface area contributed by atoms with Crippen LogP contribution in [0.15, 0.2) is 42.7 Å². The summed E-state index contributed by atoms with van der Waals surface area (Å²) >= 11 is 0. The van der Waals surface area contributed by atoms with Gasteiger partial charge in [-0.3, -0.25) is 4.79 Å². The van der Waals surface area contributed by atoms with Gasteiger partial charge < -0.3 is 4.90 Å². The molecule has 4 rings (SSSR count). The number of carbonyl (C=O) groups is 1. The third kappa shape index (κ3) is 4.42. The Morgan fingerprint density at radius 2 is 1.97 bits per heavy atom. The Labute approximate surface area is 191 Å². The Hall–Kier alpha value is -3.05. The molecule has 3 aromatic rings. The second kappa shape index (κ2) is 9.06. The molecule has 0 spiro atoms. The van der Waals surface area contributed by atoms with Gasteiger partial charge in [0, 0.05) is 37.1 Å². The second-order valence-electron chi connectivity index (χ2n) is 7.81. The normalized spacial score (nSPS) is 16.6. The molecule has 3 heterocycles. The van der Waals surface area contributed by atoms with E-state index in [1.165, 1.54) is 16.8 Å². The van der Waals surface area contributed by atoms with Crippen LogP contribution in [0.1, 0.15) is 48.7 Å². The summed E-state index contributed by atoms with van der Waals surface area (Å²) in [4.78, 5) is 14.8. The maximum Gasteiger partial charge on any atom is 0.304 e. The molecule has 176 valence electrons. The molecule has 0 aliphatic carbocycles. The number of amides is 1. The van der Waals surface area contributed by atoms with Gasteiger partial charge in [-0.2, -0.15) is 17.8 Å². The van der Waals surface area contributed by atoms with Crippen LogP contribution in [0.2, 0.25) is 0 Å². The summed E-state index contributed by atoms with van der Waals surface area (Å²) in [6.45, 7) is 4.45. The summed E-state index contributed by atoms with van der Waals surface area (Å²) in [6.07, 6.45) is 4.40. The van der Waals surface area contributed by atoms with E-state index >= 15 is 0 Å². The van der Waals surface area contributed by atoms with Crippen LogP contribution in [0, 0.1) is 11.6 Å². The molecule has 1 fully saturated rings. The summed E-state index contributed by atoms with van der Waals surface area (Å²) in [5.41, 5.74) is 1.49. The number of hydrogen-bond donors (Lipinski definition) is 1. The topological polar surface area (TPSA) is 87.0 Å². The average Bonchev–Trinajstić information content (AvgIpc) is 3.42. The lowest BCUT2D eigenvalue weighted by atomic mass is 10.0. The minimum atomic E-state index is -3.99. The molecule has 0 bridgehead atoms. The summed E-state index contributed by atoms with van der Waals surface area (Å²) < 4.78 is 57.9. The largest absolute Gasteiger partial charge is 0.364 e. The quantitative estimate of drug-likeness (QED) is 0.565. The van der Waals surface area contributed by atoms with Crippen molar-refractivity contribution < 1.29 is 22.0 Å². The van der Waals surface area contributed by atoms with E-state index in [0.29, 0.717) is 24.2 Å². The van der Waals surface area contributed by atoms with Gasteiger partial charge in [0.05, 0.1) is 23.3 Å². The second-order valence-corrected chi connectivity index (χ2v) is 9.48. The molecule has 1 atom stereocenters. The van der Waals surface area contributed by atoms with Crippen LogP contribution < -0.4 is 9.62 Å². The fraction of sp³-hybridized carbons (Fsp3) is 0.364. The first-order valence-corrected chi connectivity index (χ1v) is 12.2. The molecular weight excluding hydrogens is 452 g/mol. The molecule has 0 saturated carbocycles. The van der Waals surface area contributed by atoms with Crippen molar-refractivity contribution >= 4 is 27.3 Å². The fourth-order valence-corrected chi connectivity index (χ4v) is 5.45. The number of nitrogens with zero attached hydrogens (tertiary/aromatic N) is 4. The first kappa shape index (κ1) is 23.1. The lowest BCUT2D eigenvalue weighted by Crippen LogP contribution is -2.43. The van der Waals surface area contributed by atoms with Crippen LogP contribution in [0.5, 0.6) is 0 Å². The van der Waals surface area contributed by atoms with E-state index in [-0.39, 0.29) is 30.3 Å². The van der Waals surface area contributed by atoms with Gasteiger partial charge in [0.25, 0.3) is 5.91 Å². The predicted octanol–water partition coefficient (Wildman–Crippen LogP) is 3.27. The lowest BCUT2D eigenvalue weighted by Gasteiger charge is -2.27. The number of nitrogens with one attached hydrogen (secondary N) is 1. The number of pyridine rings is 1. The maximum atomic E-state index is 14.4. The van der Waals surface area contributed by atoms with E-state index in [4.69, 9.17) is 0 Å². The van der Waals surface area contributed by atoms with Gasteiger partial charge in [0.2, 0.25) is 0 Å². The van der Waals surface area contributed by atoms with E-state index in [0.717, 1.165) is 22.9 Å². The molecule has 11 heteroatoms. The Balaban J connectivity index is 1.67. The first-order valence-electron chi connectivity index (χ1n) is 10.8. The molecule has 1 N–H and O–H groups in total. The Kier molecular flexibility index (Phi) is 6.35. The SMILES string of the molecule is CCN(CC)S(=O)(=O)NC(=O)c1cnn2ccc(N3CCC[C@@H]3c3cc(F)ccc3F)cc12. The maximum absolute atomic E-state index is 14.4. The standard InChI is InChI=1S/C22H25F2N5O3S/c1-3-27(4-2)33(31,32)26-22(30)18-14-25-29-11-9-16(13-21(18)29)28-10-5-6-20(28)17-12-15(23)7-8-19(17)24/h7-9,11-14,20H,3-6,10H2,1-2H3,(H,26,30)/t20-/m1/s1. The van der Waals surface area contributed by atoms with Crippen LogP contribution in [-0.4, -0.2) is 47.9 Å². The molecule has 0 unspecified atom stereocenters. The predicted molar refractivity (Wildman–Crippen MR) is 120 cm³/mol. The van der Waals surface area contributed by atoms with Crippen molar-refractivity contribution in [2.24, 2.45) is 0 Å². The molecule has 1 aliphatic rings. The molecule has 2 aromatic heterocycles. The van der Waals surface area contributed by atoms with Crippen molar-refractivity contribution in [1.29, 1.82) is 0 Å². The highest BCUT2D eigenvalue weighted by Gasteiger charge is 2.30. The molecule has 8 nitrogen and oxygen atoms in total. The zero-order chi connectivity index (χ0) is 23.8. The Bertz CT molecular complexity index is 1290. The Morgan fingerprint density at radius 3 is 2.70 bits per heavy atom. The van der Waals surface area contributed by atoms with Crippen molar-refractivity contribution in [3.63, 3.8) is 0 Å². The highest BCUT2D eigenvalue weighted by Crippen LogP contribution is 2.38. The van der Waals surface area contributed by atoms with E-state index in [1.807, 2.05) is 4.90 Å². The summed E-state index contributed by atoms with van der Waals surface area (Å²) in [7, 11) is -3.99. The van der Waals surface area contributed by atoms with E-state index in [1.54, 1.807) is 32.2 Å². The van der Waals surface area contributed by atoms with Crippen molar-refractivity contribution in [3.05, 3.63) is 65.5 Å². The molecule has 33 heavy (non-hydrogen) atoms. The third-order valence-corrected chi connectivity index (χ3v) is 7.56. The molecular formula is C22H25F2N5O3S. The number of rotatable bonds is 7. The van der Waals surface area contributed by atoms with Crippen LogP contribution in [0.4, 0.5) is 14.5 Å². The fourth-order valence-electron chi connectivity index (χ4n) is 4.29. The van der Waals surface area contributed by atoms with Crippen molar-refractivity contribution in [1.82, 2.24) is 18.6 Å². The zero-order valence-corrected chi connectivity index (χ0v) is 19.1. The van der Waals surface area contributed by atoms with E-state index in [9.17, 15) is 22.0 Å². The molecule has 1 aliphatic heterocycles. The number of benzene rings is 1. The third-order valence-electron chi connectivity index (χ3n) is 5.92. The zero-order valence-electron chi connectivity index (χ0n) is 18.3. The lowest BCUT2D eigenvalue weighted by molar-refractivity contribution is 0.0981. The number of anilines is 1. The molecule has 0 radical (unpaired) electrons. The highest BCUT2D eigenvalue weighted by atomic mass is 32.2. The summed E-state index contributed by atoms with van der Waals surface area (Å²) in [6, 6.07) is 6.57. The monoisotopic (exact) mass is 477 g/mol. The number of hydrogen-bond acceptors (Lipinski definition) is 5. The average molecular weight is 478 g/mol. The van der Waals surface area contributed by atoms with Gasteiger partial charge in [-0.25, -0.2) is 18.0 Å². The summed E-state index contributed by atoms with van der Waals surface area (Å²) in [5, 5.41) is 4.14. The van der Waals surface area contributed by atoms with E-state index < -0.39 is 27.8 Å². The van der Waals surface area contributed by atoms with Crippen LogP contribution in [0.3, 0.4) is 0 Å². The smallest absolute Gasteiger partial charge is 0.304 e. The highest BCUT2D eigenvalue weighted by molar-refractivity contribution is 7.87. The van der Waals surface area contributed by atoms with Crippen LogP contribution in [0.25, 0.3) is 5.52 Å². The van der Waals surface area contributed by atoms with Gasteiger partial charge in [-0.05, 0) is 43.2 Å².